The number of rotatable bonds is 4. The van der Waals surface area contributed by atoms with E-state index in [4.69, 9.17) is 25.8 Å². The van der Waals surface area contributed by atoms with Gasteiger partial charge in [-0.15, -0.1) is 0 Å². The van der Waals surface area contributed by atoms with Crippen molar-refractivity contribution in [2.24, 2.45) is 17.8 Å². The summed E-state index contributed by atoms with van der Waals surface area (Å²) in [5.74, 6) is 0.529. The topological polar surface area (TPSA) is 94.2 Å². The molecular formula is C35H47ClN2O6S. The van der Waals surface area contributed by atoms with Crippen molar-refractivity contribution in [3.05, 3.63) is 70.3 Å². The van der Waals surface area contributed by atoms with E-state index in [0.29, 0.717) is 47.8 Å². The molecule has 0 radical (unpaired) electrons. The van der Waals surface area contributed by atoms with Gasteiger partial charge in [0.1, 0.15) is 12.4 Å². The van der Waals surface area contributed by atoms with Gasteiger partial charge >= 0.3 is 0 Å². The zero-order chi connectivity index (χ0) is 32.1. The van der Waals surface area contributed by atoms with Gasteiger partial charge in [-0.3, -0.25) is 4.79 Å². The van der Waals surface area contributed by atoms with Crippen LogP contribution in [-0.4, -0.2) is 58.6 Å². The molecule has 246 valence electrons. The average Bonchev–Trinajstić information content (AvgIpc) is 3.03. The van der Waals surface area contributed by atoms with E-state index in [0.717, 1.165) is 56.4 Å². The van der Waals surface area contributed by atoms with Crippen molar-refractivity contribution in [1.82, 2.24) is 4.72 Å². The number of benzene rings is 2. The lowest BCUT2D eigenvalue weighted by Gasteiger charge is -2.44. The van der Waals surface area contributed by atoms with Crippen LogP contribution in [0.25, 0.3) is 0 Å². The lowest BCUT2D eigenvalue weighted by atomic mass is 9.70. The maximum atomic E-state index is 13.4. The number of aryl methyl sites for hydroxylation is 1. The maximum Gasteiger partial charge on any atom is 0.264 e. The molecule has 6 atom stereocenters. The molecule has 10 heteroatoms. The van der Waals surface area contributed by atoms with Crippen LogP contribution in [0.15, 0.2) is 48.6 Å². The number of methoxy groups -OCH3 is 1. The Bertz CT molecular complexity index is 1480. The molecule has 1 aliphatic carbocycles. The van der Waals surface area contributed by atoms with Gasteiger partial charge in [-0.2, -0.15) is 0 Å². The number of amides is 1. The monoisotopic (exact) mass is 658 g/mol. The number of ether oxygens (including phenoxy) is 3. The minimum Gasteiger partial charge on any atom is -0.487 e. The fourth-order valence-corrected chi connectivity index (χ4v) is 7.94. The summed E-state index contributed by atoms with van der Waals surface area (Å²) < 4.78 is 47.3. The van der Waals surface area contributed by atoms with E-state index < -0.39 is 21.2 Å². The molecule has 45 heavy (non-hydrogen) atoms. The summed E-state index contributed by atoms with van der Waals surface area (Å²) in [6.07, 6.45) is 9.55. The molecule has 2 aromatic rings. The lowest BCUT2D eigenvalue weighted by Crippen LogP contribution is -2.44. The highest BCUT2D eigenvalue weighted by molar-refractivity contribution is 7.90. The first-order valence-corrected chi connectivity index (χ1v) is 18.1. The second-order valence-electron chi connectivity index (χ2n) is 13.0. The van der Waals surface area contributed by atoms with Crippen LogP contribution in [-0.2, 0) is 32.5 Å². The molecule has 1 saturated carbocycles. The predicted molar refractivity (Wildman–Crippen MR) is 179 cm³/mol. The number of carbonyl (C=O) groups excluding carboxylic acids is 1. The smallest absolute Gasteiger partial charge is 0.264 e. The molecule has 0 aromatic heterocycles. The number of nitrogens with zero attached hydrogens (tertiary/aromatic N) is 1. The number of sulfonamides is 1. The Balaban J connectivity index is 1.53. The molecule has 1 amide bonds. The summed E-state index contributed by atoms with van der Waals surface area (Å²) in [4.78, 5) is 15.7. The van der Waals surface area contributed by atoms with Gasteiger partial charge in [-0.1, -0.05) is 36.7 Å². The van der Waals surface area contributed by atoms with Gasteiger partial charge in [0.05, 0.1) is 29.8 Å². The normalized spacial score (nSPS) is 28.6. The zero-order valence-corrected chi connectivity index (χ0v) is 28.4. The molecule has 1 fully saturated rings. The van der Waals surface area contributed by atoms with Gasteiger partial charge in [0.15, 0.2) is 0 Å². The first-order chi connectivity index (χ1) is 21.6. The van der Waals surface area contributed by atoms with Crippen LogP contribution in [0.2, 0.25) is 5.02 Å². The van der Waals surface area contributed by atoms with E-state index in [-0.39, 0.29) is 18.1 Å². The molecular weight excluding hydrogens is 612 g/mol. The average molecular weight is 659 g/mol. The molecule has 3 aliphatic rings. The number of carbonyl (C=O) groups is 1. The molecule has 2 aliphatic heterocycles. The van der Waals surface area contributed by atoms with E-state index in [1.54, 1.807) is 32.2 Å². The van der Waals surface area contributed by atoms with E-state index >= 15 is 0 Å². The number of allylic oxidation sites excluding steroid dienone is 1. The Kier molecular flexibility index (Phi) is 11.2. The second kappa shape index (κ2) is 14.9. The van der Waals surface area contributed by atoms with Crippen molar-refractivity contribution in [3.63, 3.8) is 0 Å². The summed E-state index contributed by atoms with van der Waals surface area (Å²) >= 11 is 6.34. The van der Waals surface area contributed by atoms with Crippen molar-refractivity contribution in [1.29, 1.82) is 0 Å². The van der Waals surface area contributed by atoms with Gasteiger partial charge in [-0.25, -0.2) is 13.1 Å². The van der Waals surface area contributed by atoms with Crippen LogP contribution in [0.4, 0.5) is 5.69 Å². The van der Waals surface area contributed by atoms with Crippen molar-refractivity contribution >= 4 is 33.2 Å². The Labute approximate surface area is 273 Å². The fraction of sp³-hybridized carbons (Fsp3) is 0.571. The van der Waals surface area contributed by atoms with Gasteiger partial charge < -0.3 is 19.1 Å². The quantitative estimate of drug-likeness (QED) is 0.372. The highest BCUT2D eigenvalue weighted by atomic mass is 35.5. The molecule has 1 N–H and O–H groups in total. The number of nitrogens with one attached hydrogen (secondary N) is 1. The first kappa shape index (κ1) is 33.8. The molecule has 0 saturated heterocycles. The van der Waals surface area contributed by atoms with E-state index in [1.165, 1.54) is 5.56 Å². The Morgan fingerprint density at radius 3 is 2.69 bits per heavy atom. The van der Waals surface area contributed by atoms with Crippen LogP contribution in [0.1, 0.15) is 74.4 Å². The third-order valence-electron chi connectivity index (χ3n) is 9.88. The molecule has 5 rings (SSSR count). The Hall–Kier alpha value is -2.59. The molecule has 2 heterocycles. The zero-order valence-electron chi connectivity index (χ0n) is 26.8. The molecule has 0 spiro atoms. The molecule has 8 nitrogen and oxygen atoms in total. The fourth-order valence-electron chi connectivity index (χ4n) is 6.46. The summed E-state index contributed by atoms with van der Waals surface area (Å²) in [6.45, 7) is 7.96. The summed E-state index contributed by atoms with van der Waals surface area (Å²) in [7, 11) is -2.23. The third kappa shape index (κ3) is 8.23. The van der Waals surface area contributed by atoms with E-state index in [9.17, 15) is 13.2 Å². The third-order valence-corrected chi connectivity index (χ3v) is 12.0. The van der Waals surface area contributed by atoms with Crippen LogP contribution >= 0.6 is 11.6 Å². The number of hydrogen-bond donors (Lipinski definition) is 1. The van der Waals surface area contributed by atoms with Crippen LogP contribution in [0, 0.1) is 17.8 Å². The predicted octanol–water partition coefficient (Wildman–Crippen LogP) is 6.55. The van der Waals surface area contributed by atoms with Crippen molar-refractivity contribution < 1.29 is 27.4 Å². The number of hydrogen-bond acceptors (Lipinski definition) is 7. The standard InChI is InChI=1S/C35H47ClN2O6S/c1-23-8-7-10-33(43-21-24(2)42-4)31-15-12-28(31)20-38-17-6-5-9-26-18-30(36)14-11-29(26)22-44-34-16-13-27(19-32(34)38)35(39)37-45(40,41)25(23)3/h7,10-11,13-14,16,18-19,23-25,28,31,33H,5-6,8-9,12,15,17,20-22H2,1-4H3,(H,37,39)/b10-7+/t23?,24-,25?,28+,31-,33?/m1/s1. The summed E-state index contributed by atoms with van der Waals surface area (Å²) in [6, 6.07) is 11.2. The maximum absolute atomic E-state index is 13.4. The van der Waals surface area contributed by atoms with E-state index in [1.807, 2.05) is 38.1 Å². The largest absolute Gasteiger partial charge is 0.487 e. The minimum atomic E-state index is -3.92. The Morgan fingerprint density at radius 2 is 1.93 bits per heavy atom. The first-order valence-electron chi connectivity index (χ1n) is 16.2. The van der Waals surface area contributed by atoms with Crippen LogP contribution < -0.4 is 14.4 Å². The molecule has 3 unspecified atom stereocenters. The minimum absolute atomic E-state index is 0.0302. The molecule has 2 bridgehead atoms. The van der Waals surface area contributed by atoms with Crippen molar-refractivity contribution in [2.45, 2.75) is 83.4 Å². The van der Waals surface area contributed by atoms with E-state index in [2.05, 4.69) is 15.7 Å². The lowest BCUT2D eigenvalue weighted by molar-refractivity contribution is -0.0529. The van der Waals surface area contributed by atoms with Gasteiger partial charge in [0.25, 0.3) is 5.91 Å². The number of halogens is 1. The second-order valence-corrected chi connectivity index (χ2v) is 15.4. The van der Waals surface area contributed by atoms with Crippen LogP contribution in [0.3, 0.4) is 0 Å². The van der Waals surface area contributed by atoms with Crippen LogP contribution in [0.5, 0.6) is 5.75 Å². The van der Waals surface area contributed by atoms with Crippen molar-refractivity contribution in [3.8, 4) is 5.75 Å². The number of fused-ring (bicyclic) bond motifs is 3. The van der Waals surface area contributed by atoms with Gasteiger partial charge in [-0.05, 0) is 112 Å². The van der Waals surface area contributed by atoms with Gasteiger partial charge in [0.2, 0.25) is 10.0 Å². The van der Waals surface area contributed by atoms with Crippen molar-refractivity contribution in [2.75, 3.05) is 31.7 Å². The SMILES string of the molecule is CO[C@H](C)COC1/C=C/CC(C)C(C)S(=O)(=O)NC(=O)c2ccc3c(c2)N(CCCCc2cc(Cl)ccc2CO3)C[C@@H]2CC[C@@H]12. The highest BCUT2D eigenvalue weighted by Gasteiger charge is 2.38. The summed E-state index contributed by atoms with van der Waals surface area (Å²) in [5, 5.41) is -0.0530. The van der Waals surface area contributed by atoms with Gasteiger partial charge in [0, 0.05) is 30.8 Å². The summed E-state index contributed by atoms with van der Waals surface area (Å²) in [5.41, 5.74) is 3.36. The number of anilines is 1. The Morgan fingerprint density at radius 1 is 1.11 bits per heavy atom. The molecule has 2 aromatic carbocycles. The highest BCUT2D eigenvalue weighted by Crippen LogP contribution is 2.42.